The van der Waals surface area contributed by atoms with Crippen molar-refractivity contribution in [1.82, 2.24) is 13.5 Å². The Morgan fingerprint density at radius 1 is 0.870 bits per heavy atom. The summed E-state index contributed by atoms with van der Waals surface area (Å²) in [5.74, 6) is 0.850. The van der Waals surface area contributed by atoms with Gasteiger partial charge in [-0.3, -0.25) is 0 Å². The van der Waals surface area contributed by atoms with Crippen molar-refractivity contribution in [3.63, 3.8) is 0 Å². The third kappa shape index (κ3) is 4.27. The highest BCUT2D eigenvalue weighted by atomic mass is 32.2. The standard InChI is InChI=1S/C17H33N3O2S/c1-18(17-9-3-2-4-10-17)23(21,22)20-13-11-19(12-14-20)15-16-7-5-6-8-16/h16-17H,2-15H2,1H3. The van der Waals surface area contributed by atoms with Crippen LogP contribution in [0.3, 0.4) is 0 Å². The molecule has 3 rings (SSSR count). The van der Waals surface area contributed by atoms with Gasteiger partial charge in [0.15, 0.2) is 0 Å². The van der Waals surface area contributed by atoms with Gasteiger partial charge in [0.2, 0.25) is 0 Å². The summed E-state index contributed by atoms with van der Waals surface area (Å²) in [6.45, 7) is 4.28. The molecule has 3 aliphatic rings. The number of piperazine rings is 1. The molecule has 0 aromatic carbocycles. The zero-order valence-corrected chi connectivity index (χ0v) is 15.4. The van der Waals surface area contributed by atoms with Crippen molar-refractivity contribution < 1.29 is 8.42 Å². The molecule has 2 saturated carbocycles. The first-order chi connectivity index (χ1) is 11.1. The molecule has 0 aromatic heterocycles. The Labute approximate surface area is 142 Å². The Balaban J connectivity index is 1.51. The lowest BCUT2D eigenvalue weighted by atomic mass is 9.96. The largest absolute Gasteiger partial charge is 0.300 e. The maximum Gasteiger partial charge on any atom is 0.282 e. The maximum absolute atomic E-state index is 12.9. The molecule has 0 bridgehead atoms. The fraction of sp³-hybridized carbons (Fsp3) is 1.00. The zero-order valence-electron chi connectivity index (χ0n) is 14.6. The lowest BCUT2D eigenvalue weighted by Gasteiger charge is -2.39. The summed E-state index contributed by atoms with van der Waals surface area (Å²) in [6.07, 6.45) is 11.1. The predicted octanol–water partition coefficient (Wildman–Crippen LogP) is 2.30. The van der Waals surface area contributed by atoms with Gasteiger partial charge in [-0.1, -0.05) is 32.1 Å². The number of nitrogens with zero attached hydrogens (tertiary/aromatic N) is 3. The van der Waals surface area contributed by atoms with Gasteiger partial charge in [-0.25, -0.2) is 0 Å². The molecular weight excluding hydrogens is 310 g/mol. The van der Waals surface area contributed by atoms with E-state index in [0.717, 1.165) is 31.8 Å². The van der Waals surface area contributed by atoms with E-state index in [9.17, 15) is 8.42 Å². The van der Waals surface area contributed by atoms with Crippen LogP contribution in [0.15, 0.2) is 0 Å². The van der Waals surface area contributed by atoms with Crippen molar-refractivity contribution >= 4 is 10.2 Å². The van der Waals surface area contributed by atoms with Gasteiger partial charge in [0.05, 0.1) is 0 Å². The van der Waals surface area contributed by atoms with Crippen molar-refractivity contribution in [3.8, 4) is 0 Å². The monoisotopic (exact) mass is 343 g/mol. The maximum atomic E-state index is 12.9. The van der Waals surface area contributed by atoms with Gasteiger partial charge in [0.1, 0.15) is 0 Å². The predicted molar refractivity (Wildman–Crippen MR) is 93.5 cm³/mol. The molecular formula is C17H33N3O2S. The van der Waals surface area contributed by atoms with Crippen molar-refractivity contribution in [2.45, 2.75) is 63.8 Å². The fourth-order valence-corrected chi connectivity index (χ4v) is 6.09. The first-order valence-electron chi connectivity index (χ1n) is 9.53. The lowest BCUT2D eigenvalue weighted by molar-refractivity contribution is 0.157. The number of hydrogen-bond donors (Lipinski definition) is 0. The van der Waals surface area contributed by atoms with Gasteiger partial charge in [0.25, 0.3) is 10.2 Å². The van der Waals surface area contributed by atoms with E-state index in [0.29, 0.717) is 13.1 Å². The Morgan fingerprint density at radius 3 is 2.04 bits per heavy atom. The molecule has 0 radical (unpaired) electrons. The molecule has 0 amide bonds. The summed E-state index contributed by atoms with van der Waals surface area (Å²) in [7, 11) is -1.48. The molecule has 134 valence electrons. The normalized spacial score (nSPS) is 27.0. The van der Waals surface area contributed by atoms with Gasteiger partial charge in [0, 0.05) is 45.8 Å². The third-order valence-electron chi connectivity index (χ3n) is 6.10. The third-order valence-corrected chi connectivity index (χ3v) is 8.15. The summed E-state index contributed by atoms with van der Waals surface area (Å²) >= 11 is 0. The first-order valence-corrected chi connectivity index (χ1v) is 10.9. The van der Waals surface area contributed by atoms with Crippen molar-refractivity contribution in [3.05, 3.63) is 0 Å². The minimum absolute atomic E-state index is 0.213. The van der Waals surface area contributed by atoms with Crippen LogP contribution in [-0.4, -0.2) is 67.7 Å². The highest BCUT2D eigenvalue weighted by molar-refractivity contribution is 7.86. The molecule has 1 heterocycles. The Bertz CT molecular complexity index is 462. The summed E-state index contributed by atoms with van der Waals surface area (Å²) in [5, 5.41) is 0. The molecule has 23 heavy (non-hydrogen) atoms. The van der Waals surface area contributed by atoms with Gasteiger partial charge >= 0.3 is 0 Å². The molecule has 0 aromatic rings. The smallest absolute Gasteiger partial charge is 0.282 e. The molecule has 1 aliphatic heterocycles. The quantitative estimate of drug-likeness (QED) is 0.769. The molecule has 5 nitrogen and oxygen atoms in total. The van der Waals surface area contributed by atoms with Crippen LogP contribution in [0.4, 0.5) is 0 Å². The average molecular weight is 344 g/mol. The van der Waals surface area contributed by atoms with Crippen LogP contribution >= 0.6 is 0 Å². The van der Waals surface area contributed by atoms with Crippen LogP contribution in [-0.2, 0) is 10.2 Å². The Kier molecular flexibility index (Phi) is 5.99. The second-order valence-electron chi connectivity index (χ2n) is 7.67. The second kappa shape index (κ2) is 7.81. The molecule has 6 heteroatoms. The summed E-state index contributed by atoms with van der Waals surface area (Å²) in [6, 6.07) is 0.213. The van der Waals surface area contributed by atoms with Crippen molar-refractivity contribution in [2.75, 3.05) is 39.8 Å². The first kappa shape index (κ1) is 17.6. The van der Waals surface area contributed by atoms with Gasteiger partial charge in [-0.05, 0) is 31.6 Å². The minimum atomic E-state index is -3.27. The van der Waals surface area contributed by atoms with Crippen LogP contribution in [0.1, 0.15) is 57.8 Å². The molecule has 2 aliphatic carbocycles. The Hall–Kier alpha value is -0.170. The highest BCUT2D eigenvalue weighted by Gasteiger charge is 2.34. The summed E-state index contributed by atoms with van der Waals surface area (Å²) in [4.78, 5) is 2.47. The Morgan fingerprint density at radius 2 is 1.43 bits per heavy atom. The van der Waals surface area contributed by atoms with Crippen molar-refractivity contribution in [2.24, 2.45) is 5.92 Å². The molecule has 1 saturated heterocycles. The molecule has 0 atom stereocenters. The highest BCUT2D eigenvalue weighted by Crippen LogP contribution is 2.27. The minimum Gasteiger partial charge on any atom is -0.300 e. The van der Waals surface area contributed by atoms with Crippen LogP contribution in [0.5, 0.6) is 0 Å². The zero-order chi connectivity index (χ0) is 16.3. The van der Waals surface area contributed by atoms with E-state index in [1.54, 1.807) is 15.7 Å². The molecule has 0 N–H and O–H groups in total. The van der Waals surface area contributed by atoms with Crippen LogP contribution in [0.25, 0.3) is 0 Å². The molecule has 0 unspecified atom stereocenters. The molecule has 0 spiro atoms. The SMILES string of the molecule is CN(C1CCCCC1)S(=O)(=O)N1CCN(CC2CCCC2)CC1. The van der Waals surface area contributed by atoms with Gasteiger partial charge in [-0.15, -0.1) is 0 Å². The van der Waals surface area contributed by atoms with E-state index in [1.165, 1.54) is 51.5 Å². The van der Waals surface area contributed by atoms with E-state index in [1.807, 2.05) is 0 Å². The van der Waals surface area contributed by atoms with E-state index < -0.39 is 10.2 Å². The number of hydrogen-bond acceptors (Lipinski definition) is 3. The van der Waals surface area contributed by atoms with E-state index >= 15 is 0 Å². The fourth-order valence-electron chi connectivity index (χ4n) is 4.52. The van der Waals surface area contributed by atoms with Crippen molar-refractivity contribution in [1.29, 1.82) is 0 Å². The van der Waals surface area contributed by atoms with Gasteiger partial charge < -0.3 is 4.90 Å². The average Bonchev–Trinajstić information content (AvgIpc) is 3.08. The topological polar surface area (TPSA) is 43.9 Å². The molecule has 3 fully saturated rings. The number of rotatable bonds is 5. The lowest BCUT2D eigenvalue weighted by Crippen LogP contribution is -2.54. The summed E-state index contributed by atoms with van der Waals surface area (Å²) < 4.78 is 29.1. The van der Waals surface area contributed by atoms with E-state index in [2.05, 4.69) is 4.90 Å². The van der Waals surface area contributed by atoms with Crippen LogP contribution in [0, 0.1) is 5.92 Å². The van der Waals surface area contributed by atoms with Crippen LogP contribution in [0.2, 0.25) is 0 Å². The van der Waals surface area contributed by atoms with Crippen LogP contribution < -0.4 is 0 Å². The van der Waals surface area contributed by atoms with E-state index in [-0.39, 0.29) is 6.04 Å². The second-order valence-corrected chi connectivity index (χ2v) is 9.65. The van der Waals surface area contributed by atoms with E-state index in [4.69, 9.17) is 0 Å². The van der Waals surface area contributed by atoms with Gasteiger partial charge in [-0.2, -0.15) is 17.0 Å². The summed E-state index contributed by atoms with van der Waals surface area (Å²) in [5.41, 5.74) is 0.